The van der Waals surface area contributed by atoms with Gasteiger partial charge in [0.05, 0.1) is 15.7 Å². The van der Waals surface area contributed by atoms with Crippen LogP contribution in [0.15, 0.2) is 54.6 Å². The summed E-state index contributed by atoms with van der Waals surface area (Å²) in [5.41, 5.74) is 2.56. The van der Waals surface area contributed by atoms with Gasteiger partial charge in [-0.05, 0) is 36.2 Å². The number of hydrogen-bond acceptors (Lipinski definition) is 1. The first-order valence-corrected chi connectivity index (χ1v) is 9.28. The second-order valence-electron chi connectivity index (χ2n) is 6.40. The van der Waals surface area contributed by atoms with E-state index >= 15 is 0 Å². The van der Waals surface area contributed by atoms with Gasteiger partial charge in [0, 0.05) is 5.56 Å². The van der Waals surface area contributed by atoms with Crippen molar-refractivity contribution in [3.05, 3.63) is 75.8 Å². The molecule has 3 aromatic carbocycles. The van der Waals surface area contributed by atoms with Crippen molar-refractivity contribution in [1.82, 2.24) is 0 Å². The Hall–Kier alpha value is -2.07. The van der Waals surface area contributed by atoms with Crippen LogP contribution >= 0.6 is 23.2 Å². The molecule has 0 spiro atoms. The third kappa shape index (κ3) is 4.01. The fraction of sp³-hybridized carbons (Fsp3) is 0.190. The Morgan fingerprint density at radius 2 is 1.81 bits per heavy atom. The number of amides is 1. The Morgan fingerprint density at radius 3 is 2.62 bits per heavy atom. The van der Waals surface area contributed by atoms with Crippen LogP contribution in [-0.4, -0.2) is 12.5 Å². The number of rotatable bonds is 5. The Bertz CT molecular complexity index is 951. The summed E-state index contributed by atoms with van der Waals surface area (Å²) in [6.45, 7) is 4.26. The number of carbonyl (C=O) groups excluding carboxylic acids is 1. The lowest BCUT2D eigenvalue weighted by Gasteiger charge is -2.15. The monoisotopic (exact) mass is 387 g/mol. The van der Waals surface area contributed by atoms with Gasteiger partial charge >= 0.3 is 0 Å². The minimum absolute atomic E-state index is 0.133. The molecule has 1 amide bonds. The molecular weight excluding hydrogens is 367 g/mol. The zero-order valence-corrected chi connectivity index (χ0v) is 16.2. The molecule has 0 aliphatic heterocycles. The minimum atomic E-state index is -0.133. The van der Waals surface area contributed by atoms with Crippen molar-refractivity contribution in [2.75, 3.05) is 11.9 Å². The van der Waals surface area contributed by atoms with Crippen LogP contribution in [0.1, 0.15) is 24.1 Å². The Labute approximate surface area is 163 Å². The summed E-state index contributed by atoms with van der Waals surface area (Å²) < 4.78 is 0. The highest BCUT2D eigenvalue weighted by molar-refractivity contribution is 6.40. The van der Waals surface area contributed by atoms with Gasteiger partial charge in [0.2, 0.25) is 0 Å². The van der Waals surface area contributed by atoms with Gasteiger partial charge < -0.3 is 10.6 Å². The van der Waals surface area contributed by atoms with E-state index in [0.717, 1.165) is 5.56 Å². The molecule has 3 N–H and O–H groups in total. The molecule has 0 unspecified atom stereocenters. The number of benzene rings is 3. The average Bonchev–Trinajstić information content (AvgIpc) is 2.66. The smallest absolute Gasteiger partial charge is 0.279 e. The largest absolute Gasteiger partial charge is 0.332 e. The predicted molar refractivity (Wildman–Crippen MR) is 109 cm³/mol. The van der Waals surface area contributed by atoms with Crippen molar-refractivity contribution in [2.24, 2.45) is 0 Å². The first kappa shape index (κ1) is 18.7. The molecule has 0 saturated heterocycles. The molecule has 0 aliphatic rings. The van der Waals surface area contributed by atoms with E-state index in [9.17, 15) is 4.79 Å². The second kappa shape index (κ2) is 8.09. The molecule has 1 atom stereocenters. The summed E-state index contributed by atoms with van der Waals surface area (Å²) in [7, 11) is 0. The summed E-state index contributed by atoms with van der Waals surface area (Å²) in [6.07, 6.45) is 0. The van der Waals surface area contributed by atoms with Crippen molar-refractivity contribution >= 4 is 45.6 Å². The van der Waals surface area contributed by atoms with E-state index < -0.39 is 0 Å². The van der Waals surface area contributed by atoms with Crippen molar-refractivity contribution in [1.29, 1.82) is 0 Å². The Morgan fingerprint density at radius 1 is 1.08 bits per heavy atom. The molecule has 0 aromatic heterocycles. The maximum atomic E-state index is 12.4. The topological polar surface area (TPSA) is 45.7 Å². The molecular formula is C21H21Cl2N2O+. The summed E-state index contributed by atoms with van der Waals surface area (Å²) in [5.74, 6) is -0.133. The number of fused-ring (bicyclic) bond motifs is 1. The highest BCUT2D eigenvalue weighted by atomic mass is 35.5. The van der Waals surface area contributed by atoms with Crippen LogP contribution in [-0.2, 0) is 4.79 Å². The molecule has 5 heteroatoms. The van der Waals surface area contributed by atoms with E-state index in [1.54, 1.807) is 6.07 Å². The maximum Gasteiger partial charge on any atom is 0.279 e. The lowest BCUT2D eigenvalue weighted by molar-refractivity contribution is -0.682. The molecule has 0 bridgehead atoms. The van der Waals surface area contributed by atoms with Crippen LogP contribution in [0.3, 0.4) is 0 Å². The number of quaternary nitrogens is 1. The van der Waals surface area contributed by atoms with Gasteiger partial charge in [-0.25, -0.2) is 0 Å². The quantitative estimate of drug-likeness (QED) is 0.653. The lowest BCUT2D eigenvalue weighted by Crippen LogP contribution is -2.86. The standard InChI is InChI=1S/C21H20Cl2N2O/c1-13-10-11-18(22)21(20(13)23)25-19(26)12-24-14(2)16-9-5-7-15-6-3-4-8-17(15)16/h3-11,14,24H,12H2,1-2H3,(H,25,26)/p+1/t14-/m0/s1. The van der Waals surface area contributed by atoms with Gasteiger partial charge in [-0.15, -0.1) is 0 Å². The van der Waals surface area contributed by atoms with Crippen LogP contribution in [0.2, 0.25) is 10.0 Å². The number of nitrogens with two attached hydrogens (primary N) is 1. The highest BCUT2D eigenvalue weighted by Gasteiger charge is 2.16. The number of aryl methyl sites for hydroxylation is 1. The van der Waals surface area contributed by atoms with Crippen LogP contribution in [0.25, 0.3) is 10.8 Å². The second-order valence-corrected chi connectivity index (χ2v) is 7.18. The van der Waals surface area contributed by atoms with E-state index in [1.165, 1.54) is 16.3 Å². The van der Waals surface area contributed by atoms with Gasteiger partial charge in [0.15, 0.2) is 6.54 Å². The van der Waals surface area contributed by atoms with Crippen molar-refractivity contribution < 1.29 is 10.1 Å². The minimum Gasteiger partial charge on any atom is -0.332 e. The van der Waals surface area contributed by atoms with E-state index in [1.807, 2.05) is 36.5 Å². The van der Waals surface area contributed by atoms with E-state index in [2.05, 4.69) is 36.5 Å². The molecule has 0 aliphatic carbocycles. The molecule has 3 nitrogen and oxygen atoms in total. The third-order valence-electron chi connectivity index (χ3n) is 4.52. The van der Waals surface area contributed by atoms with Crippen LogP contribution in [0.4, 0.5) is 5.69 Å². The number of nitrogens with one attached hydrogen (secondary N) is 1. The summed E-state index contributed by atoms with van der Waals surface area (Å²) in [4.78, 5) is 12.4. The van der Waals surface area contributed by atoms with Gasteiger partial charge in [-0.3, -0.25) is 4.79 Å². The first-order valence-electron chi connectivity index (χ1n) is 8.53. The fourth-order valence-electron chi connectivity index (χ4n) is 3.02. The third-order valence-corrected chi connectivity index (χ3v) is 5.32. The average molecular weight is 388 g/mol. The first-order chi connectivity index (χ1) is 12.5. The Balaban J connectivity index is 1.69. The Kier molecular flexibility index (Phi) is 5.82. The number of hydrogen-bond donors (Lipinski definition) is 2. The molecule has 0 radical (unpaired) electrons. The fourth-order valence-corrected chi connectivity index (χ4v) is 3.49. The number of halogens is 2. The summed E-state index contributed by atoms with van der Waals surface area (Å²) in [6, 6.07) is 18.2. The number of carbonyl (C=O) groups is 1. The zero-order valence-electron chi connectivity index (χ0n) is 14.7. The van der Waals surface area contributed by atoms with Crippen LogP contribution in [0, 0.1) is 6.92 Å². The lowest BCUT2D eigenvalue weighted by atomic mass is 10.00. The molecule has 26 heavy (non-hydrogen) atoms. The predicted octanol–water partition coefficient (Wildman–Crippen LogP) is 4.72. The summed E-state index contributed by atoms with van der Waals surface area (Å²) >= 11 is 12.4. The van der Waals surface area contributed by atoms with E-state index in [4.69, 9.17) is 23.2 Å². The maximum absolute atomic E-state index is 12.4. The van der Waals surface area contributed by atoms with E-state index in [-0.39, 0.29) is 18.5 Å². The molecule has 0 heterocycles. The van der Waals surface area contributed by atoms with Crippen molar-refractivity contribution in [3.63, 3.8) is 0 Å². The van der Waals surface area contributed by atoms with Crippen molar-refractivity contribution in [3.8, 4) is 0 Å². The molecule has 0 fully saturated rings. The SMILES string of the molecule is Cc1ccc(Cl)c(NC(=O)C[NH2+][C@@H](C)c2cccc3ccccc23)c1Cl. The van der Waals surface area contributed by atoms with Gasteiger partial charge in [0.25, 0.3) is 5.91 Å². The van der Waals surface area contributed by atoms with E-state index in [0.29, 0.717) is 15.7 Å². The van der Waals surface area contributed by atoms with Crippen LogP contribution < -0.4 is 10.6 Å². The normalized spacial score (nSPS) is 12.2. The van der Waals surface area contributed by atoms with Gasteiger partial charge in [-0.2, -0.15) is 0 Å². The van der Waals surface area contributed by atoms with Crippen LogP contribution in [0.5, 0.6) is 0 Å². The van der Waals surface area contributed by atoms with Crippen molar-refractivity contribution in [2.45, 2.75) is 19.9 Å². The highest BCUT2D eigenvalue weighted by Crippen LogP contribution is 2.32. The molecule has 134 valence electrons. The zero-order chi connectivity index (χ0) is 18.7. The van der Waals surface area contributed by atoms with Gasteiger partial charge in [0.1, 0.15) is 6.04 Å². The molecule has 0 saturated carbocycles. The van der Waals surface area contributed by atoms with Gasteiger partial charge in [-0.1, -0.05) is 71.7 Å². The summed E-state index contributed by atoms with van der Waals surface area (Å²) in [5, 5.41) is 8.17. The number of anilines is 1. The molecule has 3 aromatic rings. The molecule has 3 rings (SSSR count).